The Morgan fingerprint density at radius 3 is 2.11 bits per heavy atom. The minimum atomic E-state index is -0.292. The maximum absolute atomic E-state index is 10.5. The summed E-state index contributed by atoms with van der Waals surface area (Å²) >= 11 is 0. The highest BCUT2D eigenvalue weighted by molar-refractivity contribution is 5.78. The van der Waals surface area contributed by atoms with Gasteiger partial charge in [-0.3, -0.25) is 4.79 Å². The first kappa shape index (κ1) is 8.21. The van der Waals surface area contributed by atoms with E-state index in [1.807, 2.05) is 13.8 Å². The van der Waals surface area contributed by atoms with Crippen molar-refractivity contribution in [2.24, 2.45) is 17.6 Å². The number of primary amides is 1. The molecule has 0 saturated heterocycles. The number of hydrogen-bond acceptors (Lipinski definition) is 1. The molecule has 0 aliphatic carbocycles. The standard InChI is InChI=1S/C7H13NO/c1-4-6(5(2)3)7(8)9/h4-6H,1H2,2-3H3,(H2,8,9). The Kier molecular flexibility index (Phi) is 2.99. The summed E-state index contributed by atoms with van der Waals surface area (Å²) in [6, 6.07) is 0. The van der Waals surface area contributed by atoms with Gasteiger partial charge in [-0.15, -0.1) is 6.58 Å². The van der Waals surface area contributed by atoms with Crippen molar-refractivity contribution >= 4 is 5.91 Å². The molecule has 9 heavy (non-hydrogen) atoms. The summed E-state index contributed by atoms with van der Waals surface area (Å²) in [6.45, 7) is 7.39. The minimum absolute atomic E-state index is 0.176. The number of nitrogens with two attached hydrogens (primary N) is 1. The van der Waals surface area contributed by atoms with E-state index < -0.39 is 0 Å². The summed E-state index contributed by atoms with van der Waals surface area (Å²) in [6.07, 6.45) is 1.59. The minimum Gasteiger partial charge on any atom is -0.369 e. The molecule has 0 aliphatic rings. The first-order valence-corrected chi connectivity index (χ1v) is 3.01. The van der Waals surface area contributed by atoms with Crippen LogP contribution in [0.2, 0.25) is 0 Å². The van der Waals surface area contributed by atoms with Crippen LogP contribution in [0.1, 0.15) is 13.8 Å². The van der Waals surface area contributed by atoms with E-state index in [-0.39, 0.29) is 17.7 Å². The molecule has 0 saturated carbocycles. The van der Waals surface area contributed by atoms with E-state index in [9.17, 15) is 4.79 Å². The van der Waals surface area contributed by atoms with Gasteiger partial charge in [0.25, 0.3) is 0 Å². The van der Waals surface area contributed by atoms with Crippen LogP contribution < -0.4 is 5.73 Å². The van der Waals surface area contributed by atoms with Gasteiger partial charge in [0.2, 0.25) is 5.91 Å². The lowest BCUT2D eigenvalue weighted by atomic mass is 9.96. The second-order valence-electron chi connectivity index (χ2n) is 2.41. The molecule has 2 N–H and O–H groups in total. The Labute approximate surface area is 55.7 Å². The normalized spacial score (nSPS) is 13.2. The third kappa shape index (κ3) is 2.31. The molecule has 0 spiro atoms. The highest BCUT2D eigenvalue weighted by atomic mass is 16.1. The van der Waals surface area contributed by atoms with Gasteiger partial charge in [0, 0.05) is 0 Å². The summed E-state index contributed by atoms with van der Waals surface area (Å²) in [4.78, 5) is 10.5. The van der Waals surface area contributed by atoms with Crippen LogP contribution in [0.25, 0.3) is 0 Å². The van der Waals surface area contributed by atoms with E-state index in [2.05, 4.69) is 6.58 Å². The van der Waals surface area contributed by atoms with E-state index in [1.54, 1.807) is 6.08 Å². The maximum Gasteiger partial charge on any atom is 0.224 e. The van der Waals surface area contributed by atoms with Crippen molar-refractivity contribution in [1.29, 1.82) is 0 Å². The molecule has 0 radical (unpaired) electrons. The van der Waals surface area contributed by atoms with Crippen LogP contribution in [0.3, 0.4) is 0 Å². The van der Waals surface area contributed by atoms with E-state index in [4.69, 9.17) is 5.73 Å². The number of hydrogen-bond donors (Lipinski definition) is 1. The van der Waals surface area contributed by atoms with Gasteiger partial charge in [0.05, 0.1) is 5.92 Å². The summed E-state index contributed by atoms with van der Waals surface area (Å²) in [5.41, 5.74) is 5.04. The fraction of sp³-hybridized carbons (Fsp3) is 0.571. The van der Waals surface area contributed by atoms with Gasteiger partial charge in [-0.05, 0) is 5.92 Å². The zero-order valence-corrected chi connectivity index (χ0v) is 5.92. The Morgan fingerprint density at radius 1 is 1.67 bits per heavy atom. The molecule has 1 unspecified atom stereocenters. The molecule has 0 bridgehead atoms. The van der Waals surface area contributed by atoms with Crippen LogP contribution in [0.5, 0.6) is 0 Å². The van der Waals surface area contributed by atoms with E-state index in [1.165, 1.54) is 0 Å². The summed E-state index contributed by atoms with van der Waals surface area (Å²) in [5.74, 6) is -0.204. The average Bonchev–Trinajstić information content (AvgIpc) is 1.64. The summed E-state index contributed by atoms with van der Waals surface area (Å²) in [5, 5.41) is 0. The molecule has 0 aromatic heterocycles. The number of amides is 1. The van der Waals surface area contributed by atoms with Crippen LogP contribution in [0.15, 0.2) is 12.7 Å². The molecule has 0 heterocycles. The smallest absolute Gasteiger partial charge is 0.224 e. The van der Waals surface area contributed by atoms with Crippen molar-refractivity contribution in [3.05, 3.63) is 12.7 Å². The Morgan fingerprint density at radius 2 is 2.11 bits per heavy atom. The third-order valence-corrected chi connectivity index (χ3v) is 1.30. The Hall–Kier alpha value is -0.790. The van der Waals surface area contributed by atoms with Crippen molar-refractivity contribution in [3.8, 4) is 0 Å². The Balaban J connectivity index is 3.98. The number of rotatable bonds is 3. The van der Waals surface area contributed by atoms with Crippen molar-refractivity contribution in [2.75, 3.05) is 0 Å². The molecule has 0 fully saturated rings. The van der Waals surface area contributed by atoms with Crippen LogP contribution in [-0.2, 0) is 4.79 Å². The van der Waals surface area contributed by atoms with Gasteiger partial charge in [-0.1, -0.05) is 19.9 Å². The molecular formula is C7H13NO. The van der Waals surface area contributed by atoms with Crippen molar-refractivity contribution in [3.63, 3.8) is 0 Å². The lowest BCUT2D eigenvalue weighted by Crippen LogP contribution is -2.25. The summed E-state index contributed by atoms with van der Waals surface area (Å²) < 4.78 is 0. The first-order chi connectivity index (χ1) is 4.09. The molecule has 52 valence electrons. The van der Waals surface area contributed by atoms with Crippen molar-refractivity contribution < 1.29 is 4.79 Å². The van der Waals surface area contributed by atoms with Gasteiger partial charge < -0.3 is 5.73 Å². The fourth-order valence-corrected chi connectivity index (χ4v) is 0.717. The van der Waals surface area contributed by atoms with Gasteiger partial charge in [0.15, 0.2) is 0 Å². The van der Waals surface area contributed by atoms with E-state index in [0.29, 0.717) is 0 Å². The van der Waals surface area contributed by atoms with Gasteiger partial charge >= 0.3 is 0 Å². The predicted octanol–water partition coefficient (Wildman–Crippen LogP) is 0.930. The monoisotopic (exact) mass is 127 g/mol. The summed E-state index contributed by atoms with van der Waals surface area (Å²) in [7, 11) is 0. The SMILES string of the molecule is C=CC(C(N)=O)C(C)C. The molecule has 1 atom stereocenters. The van der Waals surface area contributed by atoms with Gasteiger partial charge in [-0.2, -0.15) is 0 Å². The predicted molar refractivity (Wildman–Crippen MR) is 37.7 cm³/mol. The molecule has 0 aromatic rings. The van der Waals surface area contributed by atoms with Crippen molar-refractivity contribution in [1.82, 2.24) is 0 Å². The fourth-order valence-electron chi connectivity index (χ4n) is 0.717. The molecule has 0 rings (SSSR count). The van der Waals surface area contributed by atoms with Gasteiger partial charge in [-0.25, -0.2) is 0 Å². The highest BCUT2D eigenvalue weighted by Gasteiger charge is 2.13. The number of carbonyl (C=O) groups is 1. The molecule has 0 aliphatic heterocycles. The number of carbonyl (C=O) groups excluding carboxylic acids is 1. The first-order valence-electron chi connectivity index (χ1n) is 3.01. The van der Waals surface area contributed by atoms with Gasteiger partial charge in [0.1, 0.15) is 0 Å². The average molecular weight is 127 g/mol. The van der Waals surface area contributed by atoms with Crippen LogP contribution in [0, 0.1) is 11.8 Å². The third-order valence-electron chi connectivity index (χ3n) is 1.30. The van der Waals surface area contributed by atoms with E-state index >= 15 is 0 Å². The lowest BCUT2D eigenvalue weighted by Gasteiger charge is -2.10. The molecule has 0 aromatic carbocycles. The molecule has 2 nitrogen and oxygen atoms in total. The Bertz CT molecular complexity index is 118. The largest absolute Gasteiger partial charge is 0.369 e. The van der Waals surface area contributed by atoms with Crippen LogP contribution >= 0.6 is 0 Å². The second kappa shape index (κ2) is 3.28. The lowest BCUT2D eigenvalue weighted by molar-refractivity contribution is -0.121. The van der Waals surface area contributed by atoms with Crippen LogP contribution in [-0.4, -0.2) is 5.91 Å². The quantitative estimate of drug-likeness (QED) is 0.563. The highest BCUT2D eigenvalue weighted by Crippen LogP contribution is 2.09. The topological polar surface area (TPSA) is 43.1 Å². The molecule has 1 amide bonds. The maximum atomic E-state index is 10.5. The zero-order valence-electron chi connectivity index (χ0n) is 5.92. The van der Waals surface area contributed by atoms with E-state index in [0.717, 1.165) is 0 Å². The van der Waals surface area contributed by atoms with Crippen molar-refractivity contribution in [2.45, 2.75) is 13.8 Å². The van der Waals surface area contributed by atoms with Crippen LogP contribution in [0.4, 0.5) is 0 Å². The molecular weight excluding hydrogens is 114 g/mol. The molecule has 2 heteroatoms. The zero-order chi connectivity index (χ0) is 7.44. The second-order valence-corrected chi connectivity index (χ2v) is 2.41.